The van der Waals surface area contributed by atoms with Gasteiger partial charge in [0.15, 0.2) is 0 Å². The lowest BCUT2D eigenvalue weighted by atomic mass is 10.1. The van der Waals surface area contributed by atoms with E-state index in [0.29, 0.717) is 34.4 Å². The zero-order valence-electron chi connectivity index (χ0n) is 19.3. The van der Waals surface area contributed by atoms with Crippen molar-refractivity contribution >= 4 is 23.5 Å². The zero-order chi connectivity index (χ0) is 24.5. The van der Waals surface area contributed by atoms with E-state index in [2.05, 4.69) is 5.32 Å². The second-order valence-corrected chi connectivity index (χ2v) is 8.06. The van der Waals surface area contributed by atoms with Crippen molar-refractivity contribution in [3.05, 3.63) is 83.4 Å². The maximum atomic E-state index is 11.7. The van der Waals surface area contributed by atoms with Gasteiger partial charge in [-0.2, -0.15) is 5.06 Å². The highest BCUT2D eigenvalue weighted by molar-refractivity contribution is 6.30. The Balaban J connectivity index is 1.55. The van der Waals surface area contributed by atoms with Crippen LogP contribution < -0.4 is 14.8 Å². The average molecular weight is 483 g/mol. The third-order valence-electron chi connectivity index (χ3n) is 4.90. The fourth-order valence-corrected chi connectivity index (χ4v) is 3.30. The average Bonchev–Trinajstić information content (AvgIpc) is 2.81. The molecule has 1 amide bonds. The molecular weight excluding hydrogens is 456 g/mol. The molecule has 0 fully saturated rings. The van der Waals surface area contributed by atoms with Crippen molar-refractivity contribution < 1.29 is 23.9 Å². The standard InChI is InChI=1S/C26H27ClN2O5/c1-18(30)29(34-19(2)31)17-22(28-3)16-20-4-8-23(9-5-20)32-25-12-14-26(15-13-25)33-24-10-6-21(27)7-11-24/h4-15,22,28H,16-17H2,1-3H3/t22-/m0/s1. The van der Waals surface area contributed by atoms with E-state index in [1.165, 1.54) is 13.8 Å². The third kappa shape index (κ3) is 7.79. The summed E-state index contributed by atoms with van der Waals surface area (Å²) < 4.78 is 11.7. The van der Waals surface area contributed by atoms with Gasteiger partial charge in [-0.15, -0.1) is 0 Å². The molecule has 0 aliphatic carbocycles. The quantitative estimate of drug-likeness (QED) is 0.412. The fourth-order valence-electron chi connectivity index (χ4n) is 3.17. The smallest absolute Gasteiger partial charge is 0.329 e. The van der Waals surface area contributed by atoms with Crippen molar-refractivity contribution in [1.82, 2.24) is 10.4 Å². The molecule has 0 bridgehead atoms. The van der Waals surface area contributed by atoms with Crippen molar-refractivity contribution in [2.75, 3.05) is 13.6 Å². The maximum absolute atomic E-state index is 11.7. The van der Waals surface area contributed by atoms with E-state index in [1.54, 1.807) is 31.3 Å². The van der Waals surface area contributed by atoms with Gasteiger partial charge in [-0.3, -0.25) is 9.59 Å². The number of hydrogen-bond acceptors (Lipinski definition) is 6. The first-order chi connectivity index (χ1) is 16.3. The first kappa shape index (κ1) is 25.1. The summed E-state index contributed by atoms with van der Waals surface area (Å²) in [6.07, 6.45) is 0.637. The molecule has 1 atom stereocenters. The molecule has 0 saturated heterocycles. The zero-order valence-corrected chi connectivity index (χ0v) is 20.0. The van der Waals surface area contributed by atoms with Gasteiger partial charge in [0.1, 0.15) is 23.0 Å². The predicted molar refractivity (Wildman–Crippen MR) is 130 cm³/mol. The van der Waals surface area contributed by atoms with Crippen LogP contribution in [0.4, 0.5) is 0 Å². The number of rotatable bonds is 9. The Bertz CT molecular complexity index is 1090. The number of benzene rings is 3. The monoisotopic (exact) mass is 482 g/mol. The number of carbonyl (C=O) groups excluding carboxylic acids is 2. The lowest BCUT2D eigenvalue weighted by molar-refractivity contribution is -0.196. The normalized spacial score (nSPS) is 11.4. The predicted octanol–water partition coefficient (Wildman–Crippen LogP) is 5.38. The van der Waals surface area contributed by atoms with Gasteiger partial charge in [-0.1, -0.05) is 23.7 Å². The summed E-state index contributed by atoms with van der Waals surface area (Å²) in [6.45, 7) is 2.87. The maximum Gasteiger partial charge on any atom is 0.329 e. The van der Waals surface area contributed by atoms with Crippen molar-refractivity contribution in [2.45, 2.75) is 26.3 Å². The van der Waals surface area contributed by atoms with Gasteiger partial charge in [0.05, 0.1) is 6.54 Å². The number of hydrogen-bond donors (Lipinski definition) is 1. The van der Waals surface area contributed by atoms with Crippen molar-refractivity contribution in [1.29, 1.82) is 0 Å². The Labute approximate surface area is 204 Å². The lowest BCUT2D eigenvalue weighted by Crippen LogP contribution is -2.43. The van der Waals surface area contributed by atoms with E-state index >= 15 is 0 Å². The summed E-state index contributed by atoms with van der Waals surface area (Å²) in [5.41, 5.74) is 1.05. The summed E-state index contributed by atoms with van der Waals surface area (Å²) in [4.78, 5) is 27.9. The van der Waals surface area contributed by atoms with Gasteiger partial charge >= 0.3 is 5.97 Å². The summed E-state index contributed by atoms with van der Waals surface area (Å²) in [5.74, 6) is 1.91. The topological polar surface area (TPSA) is 77.1 Å². The summed E-state index contributed by atoms with van der Waals surface area (Å²) in [5, 5.41) is 4.88. The van der Waals surface area contributed by atoms with E-state index in [-0.39, 0.29) is 18.5 Å². The van der Waals surface area contributed by atoms with Gasteiger partial charge < -0.3 is 19.6 Å². The number of nitrogens with zero attached hydrogens (tertiary/aromatic N) is 1. The Morgan fingerprint density at radius 3 is 1.68 bits per heavy atom. The minimum absolute atomic E-state index is 0.0943. The number of nitrogens with one attached hydrogen (secondary N) is 1. The largest absolute Gasteiger partial charge is 0.457 e. The second-order valence-electron chi connectivity index (χ2n) is 7.63. The molecule has 3 aromatic rings. The SMILES string of the molecule is CN[C@@H](Cc1ccc(Oc2ccc(Oc3ccc(Cl)cc3)cc2)cc1)CN(OC(C)=O)C(C)=O. The first-order valence-corrected chi connectivity index (χ1v) is 11.1. The van der Waals surface area contributed by atoms with E-state index in [1.807, 2.05) is 48.5 Å². The number of carbonyl (C=O) groups is 2. The third-order valence-corrected chi connectivity index (χ3v) is 5.15. The lowest BCUT2D eigenvalue weighted by Gasteiger charge is -2.24. The molecule has 7 nitrogen and oxygen atoms in total. The van der Waals surface area contributed by atoms with Crippen LogP contribution in [0.2, 0.25) is 5.02 Å². The summed E-state index contributed by atoms with van der Waals surface area (Å²) in [7, 11) is 1.80. The minimum atomic E-state index is -0.531. The molecule has 0 heterocycles. The molecule has 1 N–H and O–H groups in total. The van der Waals surface area contributed by atoms with Gasteiger partial charge in [-0.05, 0) is 79.7 Å². The molecule has 0 aliphatic heterocycles. The van der Waals surface area contributed by atoms with E-state index in [9.17, 15) is 9.59 Å². The number of ether oxygens (including phenoxy) is 2. The Morgan fingerprint density at radius 2 is 1.26 bits per heavy atom. The second kappa shape index (κ2) is 12.1. The molecule has 3 rings (SSSR count). The molecule has 0 spiro atoms. The molecule has 0 saturated carbocycles. The molecule has 0 aromatic heterocycles. The number of halogens is 1. The molecule has 178 valence electrons. The molecule has 8 heteroatoms. The van der Waals surface area contributed by atoms with Crippen molar-refractivity contribution in [3.63, 3.8) is 0 Å². The minimum Gasteiger partial charge on any atom is -0.457 e. The molecule has 0 aliphatic rings. The van der Waals surface area contributed by atoms with Gasteiger partial charge in [0.25, 0.3) is 5.91 Å². The molecule has 0 radical (unpaired) electrons. The highest BCUT2D eigenvalue weighted by atomic mass is 35.5. The Kier molecular flexibility index (Phi) is 8.90. The van der Waals surface area contributed by atoms with Gasteiger partial charge in [0, 0.05) is 24.9 Å². The Hall–Kier alpha value is -3.55. The van der Waals surface area contributed by atoms with Crippen LogP contribution in [-0.2, 0) is 20.8 Å². The van der Waals surface area contributed by atoms with E-state index in [0.717, 1.165) is 10.6 Å². The van der Waals surface area contributed by atoms with Crippen LogP contribution in [0.15, 0.2) is 72.8 Å². The summed E-state index contributed by atoms with van der Waals surface area (Å²) >= 11 is 5.90. The van der Waals surface area contributed by atoms with Crippen LogP contribution in [-0.4, -0.2) is 36.6 Å². The van der Waals surface area contributed by atoms with Crippen LogP contribution in [0.1, 0.15) is 19.4 Å². The molecular formula is C26H27ClN2O5. The van der Waals surface area contributed by atoms with Crippen LogP contribution >= 0.6 is 11.6 Å². The number of likely N-dealkylation sites (N-methyl/N-ethyl adjacent to an activating group) is 1. The number of amides is 1. The first-order valence-electron chi connectivity index (χ1n) is 10.8. The van der Waals surface area contributed by atoms with Crippen LogP contribution in [0.3, 0.4) is 0 Å². The van der Waals surface area contributed by atoms with E-state index < -0.39 is 5.97 Å². The summed E-state index contributed by atoms with van der Waals surface area (Å²) in [6, 6.07) is 22.1. The Morgan fingerprint density at radius 1 is 0.824 bits per heavy atom. The highest BCUT2D eigenvalue weighted by Gasteiger charge is 2.18. The van der Waals surface area contributed by atoms with Crippen molar-refractivity contribution in [2.24, 2.45) is 0 Å². The number of hydroxylamine groups is 2. The van der Waals surface area contributed by atoms with Gasteiger partial charge in [0.2, 0.25) is 0 Å². The molecule has 3 aromatic carbocycles. The molecule has 0 unspecified atom stereocenters. The highest BCUT2D eigenvalue weighted by Crippen LogP contribution is 2.27. The van der Waals surface area contributed by atoms with Crippen molar-refractivity contribution in [3.8, 4) is 23.0 Å². The van der Waals surface area contributed by atoms with Crippen LogP contribution in [0.25, 0.3) is 0 Å². The molecule has 34 heavy (non-hydrogen) atoms. The fraction of sp³-hybridized carbons (Fsp3) is 0.231. The van der Waals surface area contributed by atoms with Crippen LogP contribution in [0.5, 0.6) is 23.0 Å². The van der Waals surface area contributed by atoms with Crippen LogP contribution in [0, 0.1) is 0 Å². The van der Waals surface area contributed by atoms with E-state index in [4.69, 9.17) is 25.9 Å². The van der Waals surface area contributed by atoms with Gasteiger partial charge in [-0.25, -0.2) is 0 Å².